The molecule has 1 N–H and O–H groups in total. The molecule has 0 saturated carbocycles. The summed E-state index contributed by atoms with van der Waals surface area (Å²) in [6.45, 7) is 1.89. The molecule has 0 aliphatic heterocycles. The van der Waals surface area contributed by atoms with E-state index in [2.05, 4.69) is 10.5 Å². The van der Waals surface area contributed by atoms with Crippen LogP contribution < -0.4 is 10.2 Å². The van der Waals surface area contributed by atoms with Gasteiger partial charge in [-0.2, -0.15) is 5.10 Å². The number of ether oxygens (including phenoxy) is 1. The molecule has 0 atom stereocenters. The van der Waals surface area contributed by atoms with Crippen LogP contribution in [0.5, 0.6) is 5.75 Å². The third-order valence-corrected chi connectivity index (χ3v) is 4.87. The lowest BCUT2D eigenvalue weighted by atomic mass is 10.0. The molecule has 4 aromatic rings. The second-order valence-corrected chi connectivity index (χ2v) is 7.14. The highest BCUT2D eigenvalue weighted by Crippen LogP contribution is 2.27. The lowest BCUT2D eigenvalue weighted by Crippen LogP contribution is -2.19. The second kappa shape index (κ2) is 9.22. The highest BCUT2D eigenvalue weighted by molar-refractivity contribution is 6.04. The zero-order valence-electron chi connectivity index (χ0n) is 17.2. The fourth-order valence-electron chi connectivity index (χ4n) is 3.29. The molecule has 4 aromatic carbocycles. The third kappa shape index (κ3) is 4.54. The molecule has 0 aliphatic rings. The molecule has 32 heavy (non-hydrogen) atoms. The van der Waals surface area contributed by atoms with E-state index in [9.17, 15) is 14.0 Å². The Morgan fingerprint density at radius 3 is 2.53 bits per heavy atom. The molecule has 6 heteroatoms. The van der Waals surface area contributed by atoms with Gasteiger partial charge in [-0.3, -0.25) is 4.79 Å². The number of hydrogen-bond acceptors (Lipinski definition) is 4. The summed E-state index contributed by atoms with van der Waals surface area (Å²) in [7, 11) is 0. The molecular weight excluding hydrogens is 407 g/mol. The van der Waals surface area contributed by atoms with E-state index >= 15 is 0 Å². The topological polar surface area (TPSA) is 67.8 Å². The summed E-state index contributed by atoms with van der Waals surface area (Å²) >= 11 is 0. The number of nitrogens with zero attached hydrogens (tertiary/aromatic N) is 1. The summed E-state index contributed by atoms with van der Waals surface area (Å²) in [6, 6.07) is 23.8. The van der Waals surface area contributed by atoms with Crippen molar-refractivity contribution in [1.82, 2.24) is 5.43 Å². The molecule has 4 rings (SSSR count). The number of hydrazone groups is 1. The smallest absolute Gasteiger partial charge is 0.343 e. The highest BCUT2D eigenvalue weighted by Gasteiger charge is 2.14. The molecule has 0 heterocycles. The first-order chi connectivity index (χ1) is 15.5. The van der Waals surface area contributed by atoms with Gasteiger partial charge in [0.2, 0.25) is 0 Å². The lowest BCUT2D eigenvalue weighted by Gasteiger charge is -2.11. The summed E-state index contributed by atoms with van der Waals surface area (Å²) < 4.78 is 19.5. The molecule has 0 spiro atoms. The summed E-state index contributed by atoms with van der Waals surface area (Å²) in [6.07, 6.45) is 1.39. The van der Waals surface area contributed by atoms with Crippen LogP contribution in [0.4, 0.5) is 4.39 Å². The number of amides is 1. The van der Waals surface area contributed by atoms with Gasteiger partial charge in [0.1, 0.15) is 11.6 Å². The highest BCUT2D eigenvalue weighted by atomic mass is 19.1. The number of fused-ring (bicyclic) bond motifs is 1. The van der Waals surface area contributed by atoms with Crippen molar-refractivity contribution in [3.05, 3.63) is 113 Å². The summed E-state index contributed by atoms with van der Waals surface area (Å²) in [5.41, 5.74) is 4.08. The standard InChI is InChI=1S/C26H19FN2O3/c1-17-7-6-9-19(15-17)26(31)32-24-14-13-18-8-2-3-10-20(18)22(24)16-28-29-25(30)21-11-4-5-12-23(21)27/h2-16H,1H3,(H,29,30)/b28-16-. The van der Waals surface area contributed by atoms with Crippen LogP contribution in [0.1, 0.15) is 31.8 Å². The SMILES string of the molecule is Cc1cccc(C(=O)Oc2ccc3ccccc3c2/C=N\NC(=O)c2ccccc2F)c1. The van der Waals surface area contributed by atoms with Crippen molar-refractivity contribution in [2.45, 2.75) is 6.92 Å². The van der Waals surface area contributed by atoms with Gasteiger partial charge in [0.25, 0.3) is 5.91 Å². The molecule has 0 bridgehead atoms. The molecule has 0 unspecified atom stereocenters. The Bertz CT molecular complexity index is 1350. The first-order valence-electron chi connectivity index (χ1n) is 9.91. The Kier molecular flexibility index (Phi) is 6.03. The van der Waals surface area contributed by atoms with Crippen LogP contribution in [0.25, 0.3) is 10.8 Å². The largest absolute Gasteiger partial charge is 0.422 e. The van der Waals surface area contributed by atoms with Crippen LogP contribution >= 0.6 is 0 Å². The maximum Gasteiger partial charge on any atom is 0.343 e. The molecule has 158 valence electrons. The fourth-order valence-corrected chi connectivity index (χ4v) is 3.29. The van der Waals surface area contributed by atoms with E-state index in [4.69, 9.17) is 4.74 Å². The van der Waals surface area contributed by atoms with Crippen molar-refractivity contribution in [3.63, 3.8) is 0 Å². The maximum absolute atomic E-state index is 13.8. The summed E-state index contributed by atoms with van der Waals surface area (Å²) in [5, 5.41) is 5.67. The summed E-state index contributed by atoms with van der Waals surface area (Å²) in [4.78, 5) is 24.9. The van der Waals surface area contributed by atoms with E-state index in [0.29, 0.717) is 16.9 Å². The van der Waals surface area contributed by atoms with Crippen LogP contribution in [-0.4, -0.2) is 18.1 Å². The molecule has 5 nitrogen and oxygen atoms in total. The molecule has 0 saturated heterocycles. The van der Waals surface area contributed by atoms with Gasteiger partial charge in [-0.05, 0) is 48.0 Å². The van der Waals surface area contributed by atoms with E-state index in [0.717, 1.165) is 16.3 Å². The third-order valence-electron chi connectivity index (χ3n) is 4.87. The van der Waals surface area contributed by atoms with Gasteiger partial charge in [-0.15, -0.1) is 0 Å². The van der Waals surface area contributed by atoms with Gasteiger partial charge in [0.15, 0.2) is 0 Å². The second-order valence-electron chi connectivity index (χ2n) is 7.14. The van der Waals surface area contributed by atoms with Gasteiger partial charge in [0, 0.05) is 5.56 Å². The molecule has 0 fully saturated rings. The van der Waals surface area contributed by atoms with Gasteiger partial charge in [-0.1, -0.05) is 60.2 Å². The van der Waals surface area contributed by atoms with E-state index in [-0.39, 0.29) is 5.56 Å². The van der Waals surface area contributed by atoms with Crippen molar-refractivity contribution in [2.75, 3.05) is 0 Å². The number of aryl methyl sites for hydroxylation is 1. The number of carbonyl (C=O) groups excluding carboxylic acids is 2. The Morgan fingerprint density at radius 2 is 1.72 bits per heavy atom. The van der Waals surface area contributed by atoms with Crippen molar-refractivity contribution in [3.8, 4) is 5.75 Å². The number of carbonyl (C=O) groups is 2. The van der Waals surface area contributed by atoms with Crippen LogP contribution in [0.3, 0.4) is 0 Å². The Balaban J connectivity index is 1.64. The average Bonchev–Trinajstić information content (AvgIpc) is 2.80. The van der Waals surface area contributed by atoms with Gasteiger partial charge < -0.3 is 4.74 Å². The number of halogens is 1. The first kappa shape index (κ1) is 20.9. The summed E-state index contributed by atoms with van der Waals surface area (Å²) in [5.74, 6) is -1.54. The van der Waals surface area contributed by atoms with Gasteiger partial charge in [-0.25, -0.2) is 14.6 Å². The number of benzene rings is 4. The minimum Gasteiger partial charge on any atom is -0.422 e. The zero-order chi connectivity index (χ0) is 22.5. The van der Waals surface area contributed by atoms with Gasteiger partial charge >= 0.3 is 5.97 Å². The Morgan fingerprint density at radius 1 is 0.938 bits per heavy atom. The number of nitrogens with one attached hydrogen (secondary N) is 1. The minimum absolute atomic E-state index is 0.117. The van der Waals surface area contributed by atoms with E-state index in [1.54, 1.807) is 30.3 Å². The van der Waals surface area contributed by atoms with Crippen LogP contribution in [0.2, 0.25) is 0 Å². The predicted octanol–water partition coefficient (Wildman–Crippen LogP) is 5.27. The van der Waals surface area contributed by atoms with E-state index in [1.165, 1.54) is 24.4 Å². The van der Waals surface area contributed by atoms with Crippen LogP contribution in [0, 0.1) is 12.7 Å². The van der Waals surface area contributed by atoms with Crippen molar-refractivity contribution in [2.24, 2.45) is 5.10 Å². The quantitative estimate of drug-likeness (QED) is 0.205. The Labute approximate surface area is 184 Å². The normalized spacial score (nSPS) is 10.9. The molecule has 1 amide bonds. The number of esters is 1. The van der Waals surface area contributed by atoms with Crippen molar-refractivity contribution >= 4 is 28.9 Å². The number of hydrogen-bond donors (Lipinski definition) is 1. The molecule has 0 aliphatic carbocycles. The average molecular weight is 426 g/mol. The molecular formula is C26H19FN2O3. The Hall–Kier alpha value is -4.32. The predicted molar refractivity (Wildman–Crippen MR) is 122 cm³/mol. The van der Waals surface area contributed by atoms with E-state index in [1.807, 2.05) is 43.3 Å². The number of rotatable bonds is 5. The lowest BCUT2D eigenvalue weighted by molar-refractivity contribution is 0.0734. The van der Waals surface area contributed by atoms with Crippen LogP contribution in [0.15, 0.2) is 90.0 Å². The minimum atomic E-state index is -0.683. The van der Waals surface area contributed by atoms with Crippen molar-refractivity contribution in [1.29, 1.82) is 0 Å². The van der Waals surface area contributed by atoms with Gasteiger partial charge in [0.05, 0.1) is 17.3 Å². The monoisotopic (exact) mass is 426 g/mol. The maximum atomic E-state index is 13.8. The molecule has 0 aromatic heterocycles. The zero-order valence-corrected chi connectivity index (χ0v) is 17.2. The first-order valence-corrected chi connectivity index (χ1v) is 9.91. The van der Waals surface area contributed by atoms with E-state index < -0.39 is 17.7 Å². The van der Waals surface area contributed by atoms with Crippen LogP contribution in [-0.2, 0) is 0 Å². The molecule has 0 radical (unpaired) electrons. The fraction of sp³-hybridized carbons (Fsp3) is 0.0385. The van der Waals surface area contributed by atoms with Crippen molar-refractivity contribution < 1.29 is 18.7 Å².